The minimum absolute atomic E-state index is 0.217. The second kappa shape index (κ2) is 8.15. The van der Waals surface area contributed by atoms with E-state index in [2.05, 4.69) is 48.6 Å². The molecule has 2 aromatic heterocycles. The molecule has 3 aromatic rings. The number of imidazole rings is 1. The monoisotopic (exact) mass is 395 g/mol. The summed E-state index contributed by atoms with van der Waals surface area (Å²) in [6, 6.07) is 10.3. The Labute approximate surface area is 176 Å². The third-order valence-electron chi connectivity index (χ3n) is 5.72. The first-order chi connectivity index (χ1) is 14.8. The number of nitrogens with zero attached hydrogens (tertiary/aromatic N) is 3. The van der Waals surface area contributed by atoms with Gasteiger partial charge >= 0.3 is 0 Å². The lowest BCUT2D eigenvalue weighted by molar-refractivity contribution is 0.442. The molecule has 2 aliphatic carbocycles. The minimum atomic E-state index is 0.217. The van der Waals surface area contributed by atoms with Gasteiger partial charge in [-0.05, 0) is 42.4 Å². The summed E-state index contributed by atoms with van der Waals surface area (Å²) in [5.41, 5.74) is 6.83. The summed E-state index contributed by atoms with van der Waals surface area (Å²) < 4.78 is 1.82. The molecule has 0 spiro atoms. The van der Waals surface area contributed by atoms with E-state index < -0.39 is 0 Å². The van der Waals surface area contributed by atoms with Gasteiger partial charge < -0.3 is 5.11 Å². The van der Waals surface area contributed by atoms with Gasteiger partial charge in [0.2, 0.25) is 5.88 Å². The number of allylic oxidation sites excluding steroid dienone is 8. The van der Waals surface area contributed by atoms with Crippen molar-refractivity contribution in [2.45, 2.75) is 38.5 Å². The zero-order valence-corrected chi connectivity index (χ0v) is 17.0. The second-order valence-corrected chi connectivity index (χ2v) is 7.91. The number of hydrogen-bond acceptors (Lipinski definition) is 3. The van der Waals surface area contributed by atoms with Gasteiger partial charge in [-0.25, -0.2) is 9.97 Å². The number of hydrogen-bond donors (Lipinski definition) is 1. The van der Waals surface area contributed by atoms with Crippen LogP contribution in [-0.2, 0) is 12.8 Å². The van der Waals surface area contributed by atoms with Crippen LogP contribution < -0.4 is 0 Å². The molecule has 1 aromatic carbocycles. The Hall–Kier alpha value is -3.40. The molecule has 0 bridgehead atoms. The van der Waals surface area contributed by atoms with Crippen LogP contribution in [0.2, 0.25) is 0 Å². The summed E-state index contributed by atoms with van der Waals surface area (Å²) in [5.74, 6) is 0.217. The SMILES string of the molecule is Oc1c(CC2=CCCC=C2)nc2c(Cc3ccccc3)nc(C3=CC=CCC3)cn12. The van der Waals surface area contributed by atoms with Crippen molar-refractivity contribution in [2.75, 3.05) is 0 Å². The molecular formula is C26H25N3O. The van der Waals surface area contributed by atoms with Crippen molar-refractivity contribution in [1.82, 2.24) is 14.4 Å². The van der Waals surface area contributed by atoms with Crippen LogP contribution in [0.15, 0.2) is 78.6 Å². The van der Waals surface area contributed by atoms with Crippen molar-refractivity contribution in [2.24, 2.45) is 0 Å². The number of rotatable bonds is 5. The summed E-state index contributed by atoms with van der Waals surface area (Å²) in [7, 11) is 0. The van der Waals surface area contributed by atoms with E-state index in [0.717, 1.165) is 42.7 Å². The van der Waals surface area contributed by atoms with Crippen LogP contribution in [0.1, 0.15) is 48.3 Å². The highest BCUT2D eigenvalue weighted by atomic mass is 16.3. The normalized spacial score (nSPS) is 16.0. The van der Waals surface area contributed by atoms with E-state index in [-0.39, 0.29) is 5.88 Å². The lowest BCUT2D eigenvalue weighted by atomic mass is 10.0. The Morgan fingerprint density at radius 3 is 2.60 bits per heavy atom. The summed E-state index contributed by atoms with van der Waals surface area (Å²) in [4.78, 5) is 9.83. The predicted octanol–water partition coefficient (Wildman–Crippen LogP) is 5.58. The molecule has 2 aliphatic rings. The lowest BCUT2D eigenvalue weighted by Gasteiger charge is -2.12. The van der Waals surface area contributed by atoms with Crippen LogP contribution >= 0.6 is 0 Å². The molecule has 1 N–H and O–H groups in total. The zero-order valence-electron chi connectivity index (χ0n) is 17.0. The van der Waals surface area contributed by atoms with E-state index >= 15 is 0 Å². The number of fused-ring (bicyclic) bond motifs is 1. The van der Waals surface area contributed by atoms with Gasteiger partial charge in [0.05, 0.1) is 11.4 Å². The lowest BCUT2D eigenvalue weighted by Crippen LogP contribution is -2.03. The second-order valence-electron chi connectivity index (χ2n) is 7.91. The summed E-state index contributed by atoms with van der Waals surface area (Å²) in [6.07, 6.45) is 20.3. The summed E-state index contributed by atoms with van der Waals surface area (Å²) in [6.45, 7) is 0. The average Bonchev–Trinajstić information content (AvgIpc) is 3.11. The third-order valence-corrected chi connectivity index (χ3v) is 5.72. The van der Waals surface area contributed by atoms with Crippen molar-refractivity contribution >= 4 is 11.2 Å². The molecule has 0 unspecified atom stereocenters. The van der Waals surface area contributed by atoms with E-state index in [1.807, 2.05) is 28.8 Å². The first-order valence-electron chi connectivity index (χ1n) is 10.6. The smallest absolute Gasteiger partial charge is 0.219 e. The Morgan fingerprint density at radius 1 is 0.933 bits per heavy atom. The van der Waals surface area contributed by atoms with Gasteiger partial charge in [0.25, 0.3) is 0 Å². The molecule has 0 amide bonds. The largest absolute Gasteiger partial charge is 0.493 e. The standard InChI is InChI=1S/C26H25N3O/c30-26-23(17-20-12-6-2-7-13-20)28-25-22(16-19-10-4-1-5-11-19)27-24(18-29(25)26)21-14-8-3-9-15-21/h1,3-6,8,10-14,18,30H,2,7,9,15-17H2. The van der Waals surface area contributed by atoms with Crippen molar-refractivity contribution in [3.63, 3.8) is 0 Å². The molecule has 5 rings (SSSR count). The molecule has 0 atom stereocenters. The number of aromatic hydroxyl groups is 1. The molecule has 150 valence electrons. The molecule has 0 saturated carbocycles. The van der Waals surface area contributed by atoms with Crippen molar-refractivity contribution < 1.29 is 5.11 Å². The Morgan fingerprint density at radius 2 is 1.83 bits per heavy atom. The Kier molecular flexibility index (Phi) is 5.06. The maximum absolute atomic E-state index is 11.0. The van der Waals surface area contributed by atoms with Crippen LogP contribution in [0, 0.1) is 0 Å². The molecule has 2 heterocycles. The molecule has 0 radical (unpaired) electrons. The molecule has 0 saturated heterocycles. The third kappa shape index (κ3) is 3.73. The highest BCUT2D eigenvalue weighted by molar-refractivity contribution is 5.67. The molecule has 0 fully saturated rings. The van der Waals surface area contributed by atoms with Crippen molar-refractivity contribution in [3.05, 3.63) is 101 Å². The van der Waals surface area contributed by atoms with E-state index in [9.17, 15) is 5.11 Å². The van der Waals surface area contributed by atoms with E-state index in [0.29, 0.717) is 18.5 Å². The quantitative estimate of drug-likeness (QED) is 0.614. The van der Waals surface area contributed by atoms with Crippen LogP contribution in [-0.4, -0.2) is 19.5 Å². The predicted molar refractivity (Wildman–Crippen MR) is 120 cm³/mol. The fraction of sp³-hybridized carbons (Fsp3) is 0.231. The molecule has 4 heteroatoms. The Bertz CT molecular complexity index is 1200. The fourth-order valence-corrected chi connectivity index (χ4v) is 4.13. The molecule has 0 aliphatic heterocycles. The van der Waals surface area contributed by atoms with Crippen LogP contribution in [0.25, 0.3) is 11.2 Å². The van der Waals surface area contributed by atoms with E-state index in [1.165, 1.54) is 16.7 Å². The summed E-state index contributed by atoms with van der Waals surface area (Å²) >= 11 is 0. The van der Waals surface area contributed by atoms with Crippen molar-refractivity contribution in [3.8, 4) is 5.88 Å². The van der Waals surface area contributed by atoms with Crippen LogP contribution in [0.4, 0.5) is 0 Å². The van der Waals surface area contributed by atoms with Gasteiger partial charge in [-0.2, -0.15) is 0 Å². The van der Waals surface area contributed by atoms with E-state index in [4.69, 9.17) is 9.97 Å². The van der Waals surface area contributed by atoms with Crippen LogP contribution in [0.3, 0.4) is 0 Å². The van der Waals surface area contributed by atoms with Gasteiger partial charge in [0.1, 0.15) is 5.69 Å². The zero-order chi connectivity index (χ0) is 20.3. The van der Waals surface area contributed by atoms with Crippen LogP contribution in [0.5, 0.6) is 5.88 Å². The highest BCUT2D eigenvalue weighted by Gasteiger charge is 2.19. The topological polar surface area (TPSA) is 50.4 Å². The first-order valence-corrected chi connectivity index (χ1v) is 10.6. The van der Waals surface area contributed by atoms with Crippen molar-refractivity contribution in [1.29, 1.82) is 0 Å². The first kappa shape index (κ1) is 18.6. The fourth-order valence-electron chi connectivity index (χ4n) is 4.13. The van der Waals surface area contributed by atoms with Gasteiger partial charge in [-0.1, -0.05) is 66.8 Å². The number of benzene rings is 1. The maximum Gasteiger partial charge on any atom is 0.219 e. The number of aromatic nitrogens is 3. The average molecular weight is 396 g/mol. The van der Waals surface area contributed by atoms with Gasteiger partial charge in [-0.3, -0.25) is 4.40 Å². The molecule has 4 nitrogen and oxygen atoms in total. The molecular weight excluding hydrogens is 370 g/mol. The van der Waals surface area contributed by atoms with E-state index in [1.54, 1.807) is 0 Å². The summed E-state index contributed by atoms with van der Waals surface area (Å²) in [5, 5.41) is 11.0. The maximum atomic E-state index is 11.0. The van der Waals surface area contributed by atoms with Gasteiger partial charge in [-0.15, -0.1) is 0 Å². The Balaban J connectivity index is 1.61. The van der Waals surface area contributed by atoms with Gasteiger partial charge in [0, 0.05) is 19.0 Å². The minimum Gasteiger partial charge on any atom is -0.493 e. The van der Waals surface area contributed by atoms with Gasteiger partial charge in [0.15, 0.2) is 5.65 Å². The highest BCUT2D eigenvalue weighted by Crippen LogP contribution is 2.29. The molecule has 30 heavy (non-hydrogen) atoms.